The highest BCUT2D eigenvalue weighted by Gasteiger charge is 2.21. The smallest absolute Gasteiger partial charge is 0.238 e. The Morgan fingerprint density at radius 3 is 2.19 bits per heavy atom. The molecule has 3 aromatic carbocycles. The third-order valence-corrected chi connectivity index (χ3v) is 6.76. The van der Waals surface area contributed by atoms with E-state index in [4.69, 9.17) is 5.14 Å². The molecule has 198 valence electrons. The zero-order valence-electron chi connectivity index (χ0n) is 20.8. The summed E-state index contributed by atoms with van der Waals surface area (Å²) in [4.78, 5) is 12.5. The number of rotatable bonds is 11. The Hall–Kier alpha value is -3.44. The lowest BCUT2D eigenvalue weighted by molar-refractivity contribution is -0.120. The van der Waals surface area contributed by atoms with Crippen molar-refractivity contribution in [2.24, 2.45) is 5.14 Å². The molecule has 3 aromatic rings. The van der Waals surface area contributed by atoms with E-state index in [1.807, 2.05) is 38.1 Å². The summed E-state index contributed by atoms with van der Waals surface area (Å²) in [6.45, 7) is 4.48. The Balaban J connectivity index is 1.52. The van der Waals surface area contributed by atoms with E-state index in [0.29, 0.717) is 12.0 Å². The molecular formula is C27H33N3O6S. The number of nitrogens with two attached hydrogens (primary N) is 1. The second kappa shape index (κ2) is 11.7. The van der Waals surface area contributed by atoms with Crippen molar-refractivity contribution in [2.75, 3.05) is 6.54 Å². The van der Waals surface area contributed by atoms with Gasteiger partial charge in [0.2, 0.25) is 15.9 Å². The minimum Gasteiger partial charge on any atom is -0.508 e. The molecule has 0 aliphatic heterocycles. The molecule has 0 unspecified atom stereocenters. The molecule has 10 heteroatoms. The number of nitrogens with one attached hydrogen (secondary N) is 2. The predicted octanol–water partition coefficient (Wildman–Crippen LogP) is 2.25. The van der Waals surface area contributed by atoms with Gasteiger partial charge in [0.1, 0.15) is 11.5 Å². The van der Waals surface area contributed by atoms with Gasteiger partial charge >= 0.3 is 0 Å². The Morgan fingerprint density at radius 2 is 1.57 bits per heavy atom. The van der Waals surface area contributed by atoms with Crippen molar-refractivity contribution in [3.05, 3.63) is 89.0 Å². The number of sulfonamides is 1. The van der Waals surface area contributed by atoms with Crippen LogP contribution in [0.5, 0.6) is 11.5 Å². The number of hydrogen-bond donors (Lipinski definition) is 6. The average molecular weight is 528 g/mol. The maximum absolute atomic E-state index is 12.5. The first-order chi connectivity index (χ1) is 17.3. The van der Waals surface area contributed by atoms with Crippen LogP contribution in [-0.2, 0) is 34.2 Å². The summed E-state index contributed by atoms with van der Waals surface area (Å²) in [5.74, 6) is -0.397. The Morgan fingerprint density at radius 1 is 0.946 bits per heavy atom. The maximum Gasteiger partial charge on any atom is 0.238 e. The Bertz CT molecular complexity index is 1320. The van der Waals surface area contributed by atoms with Crippen LogP contribution in [0.15, 0.2) is 71.6 Å². The second-order valence-electron chi connectivity index (χ2n) is 9.70. The van der Waals surface area contributed by atoms with Crippen molar-refractivity contribution >= 4 is 15.9 Å². The van der Waals surface area contributed by atoms with Gasteiger partial charge in [-0.1, -0.05) is 36.4 Å². The molecule has 0 radical (unpaired) electrons. The minimum atomic E-state index is -3.76. The van der Waals surface area contributed by atoms with Gasteiger partial charge in [-0.3, -0.25) is 4.79 Å². The van der Waals surface area contributed by atoms with Crippen LogP contribution in [-0.4, -0.2) is 41.7 Å². The molecule has 7 N–H and O–H groups in total. The molecule has 0 fully saturated rings. The number of phenolic OH excluding ortho intramolecular Hbond substituents is 2. The van der Waals surface area contributed by atoms with Crippen LogP contribution >= 0.6 is 0 Å². The van der Waals surface area contributed by atoms with Gasteiger partial charge in [-0.05, 0) is 66.8 Å². The monoisotopic (exact) mass is 527 g/mol. The predicted molar refractivity (Wildman–Crippen MR) is 140 cm³/mol. The number of hydrogen-bond acceptors (Lipinski definition) is 7. The van der Waals surface area contributed by atoms with Gasteiger partial charge in [-0.25, -0.2) is 13.6 Å². The van der Waals surface area contributed by atoms with Gasteiger partial charge in [0, 0.05) is 24.7 Å². The molecule has 37 heavy (non-hydrogen) atoms. The van der Waals surface area contributed by atoms with Crippen molar-refractivity contribution in [3.8, 4) is 11.5 Å². The normalized spacial score (nSPS) is 12.8. The van der Waals surface area contributed by atoms with Crippen LogP contribution in [0.2, 0.25) is 0 Å². The van der Waals surface area contributed by atoms with Gasteiger partial charge in [-0.2, -0.15) is 0 Å². The lowest BCUT2D eigenvalue weighted by Crippen LogP contribution is -2.43. The number of aliphatic hydroxyl groups is 1. The topological polar surface area (TPSA) is 162 Å². The number of benzene rings is 3. The number of aromatic hydroxyl groups is 2. The lowest BCUT2D eigenvalue weighted by atomic mass is 9.93. The highest BCUT2D eigenvalue weighted by atomic mass is 32.2. The summed E-state index contributed by atoms with van der Waals surface area (Å²) in [6.07, 6.45) is -0.0868. The number of primary sulfonamides is 1. The molecule has 0 aromatic heterocycles. The maximum atomic E-state index is 12.5. The van der Waals surface area contributed by atoms with E-state index in [1.54, 1.807) is 12.1 Å². The fourth-order valence-corrected chi connectivity index (χ4v) is 4.48. The highest BCUT2D eigenvalue weighted by Crippen LogP contribution is 2.25. The van der Waals surface area contributed by atoms with Gasteiger partial charge in [0.25, 0.3) is 0 Å². The number of carbonyl (C=O) groups excluding carboxylic acids is 1. The average Bonchev–Trinajstić information content (AvgIpc) is 2.80. The number of amides is 1. The molecule has 1 amide bonds. The van der Waals surface area contributed by atoms with E-state index >= 15 is 0 Å². The van der Waals surface area contributed by atoms with E-state index in [2.05, 4.69) is 10.6 Å². The number of phenols is 2. The fraction of sp³-hybridized carbons (Fsp3) is 0.296. The van der Waals surface area contributed by atoms with Crippen LogP contribution in [0, 0.1) is 0 Å². The SMILES string of the molecule is CC(C)(Cc1cccc(CC(=O)NCc2ccc(S(N)(=O)=O)cc2)c1)NC[C@H](O)c1cc(O)cc(O)c1. The molecule has 0 aliphatic rings. The van der Waals surface area contributed by atoms with Gasteiger partial charge in [0.15, 0.2) is 0 Å². The molecule has 3 rings (SSSR count). The summed E-state index contributed by atoms with van der Waals surface area (Å²) < 4.78 is 22.7. The van der Waals surface area contributed by atoms with Gasteiger partial charge in [0.05, 0.1) is 17.4 Å². The largest absolute Gasteiger partial charge is 0.508 e. The molecule has 9 nitrogen and oxygen atoms in total. The van der Waals surface area contributed by atoms with Crippen LogP contribution in [0.25, 0.3) is 0 Å². The number of β-amino-alcohol motifs (C(OH)–C–C–N with tert-alkyl or cyclic N) is 1. The van der Waals surface area contributed by atoms with Crippen molar-refractivity contribution in [1.82, 2.24) is 10.6 Å². The Labute approximate surface area is 217 Å². The summed E-state index contributed by atoms with van der Waals surface area (Å²) in [5.41, 5.74) is 2.65. The Kier molecular flexibility index (Phi) is 8.93. The highest BCUT2D eigenvalue weighted by molar-refractivity contribution is 7.89. The lowest BCUT2D eigenvalue weighted by Gasteiger charge is -2.28. The molecule has 0 spiro atoms. The zero-order chi connectivity index (χ0) is 27.2. The third-order valence-electron chi connectivity index (χ3n) is 5.83. The zero-order valence-corrected chi connectivity index (χ0v) is 21.6. The standard InChI is InChI=1S/C27H33N3O6S/c1-27(2,30-17-25(33)21-12-22(31)14-23(32)13-21)15-20-5-3-4-19(10-20)11-26(34)29-16-18-6-8-24(9-7-18)37(28,35)36/h3-10,12-14,25,30-33H,11,15-17H2,1-2H3,(H,29,34)(H2,28,35,36)/t25-/m0/s1. The van der Waals surface area contributed by atoms with E-state index in [0.717, 1.165) is 16.7 Å². The summed E-state index contributed by atoms with van der Waals surface area (Å²) >= 11 is 0. The summed E-state index contributed by atoms with van der Waals surface area (Å²) in [6, 6.07) is 17.8. The van der Waals surface area contributed by atoms with Crippen LogP contribution in [0.4, 0.5) is 0 Å². The molecule has 0 bridgehead atoms. The third kappa shape index (κ3) is 8.87. The van der Waals surface area contributed by atoms with Crippen molar-refractivity contribution in [2.45, 2.75) is 49.8 Å². The first kappa shape index (κ1) is 28.1. The van der Waals surface area contributed by atoms with Crippen molar-refractivity contribution in [1.29, 1.82) is 0 Å². The first-order valence-electron chi connectivity index (χ1n) is 11.7. The van der Waals surface area contributed by atoms with Crippen molar-refractivity contribution < 1.29 is 28.5 Å². The van der Waals surface area contributed by atoms with Gasteiger partial charge in [-0.15, -0.1) is 0 Å². The van der Waals surface area contributed by atoms with Crippen LogP contribution in [0.1, 0.15) is 42.2 Å². The van der Waals surface area contributed by atoms with Gasteiger partial charge < -0.3 is 26.0 Å². The summed E-state index contributed by atoms with van der Waals surface area (Å²) in [7, 11) is -3.76. The van der Waals surface area contributed by atoms with Crippen LogP contribution < -0.4 is 15.8 Å². The quantitative estimate of drug-likeness (QED) is 0.223. The van der Waals surface area contributed by atoms with E-state index < -0.39 is 16.1 Å². The number of carbonyl (C=O) groups is 1. The molecule has 0 aliphatic carbocycles. The number of aliphatic hydroxyl groups excluding tert-OH is 1. The summed E-state index contributed by atoms with van der Waals surface area (Å²) in [5, 5.41) is 41.0. The molecular weight excluding hydrogens is 494 g/mol. The van der Waals surface area contributed by atoms with Crippen molar-refractivity contribution in [3.63, 3.8) is 0 Å². The van der Waals surface area contributed by atoms with E-state index in [1.165, 1.54) is 30.3 Å². The first-order valence-corrected chi connectivity index (χ1v) is 13.3. The van der Waals surface area contributed by atoms with E-state index in [9.17, 15) is 28.5 Å². The second-order valence-corrected chi connectivity index (χ2v) is 11.3. The molecule has 0 saturated carbocycles. The fourth-order valence-electron chi connectivity index (χ4n) is 3.97. The molecule has 0 heterocycles. The van der Waals surface area contributed by atoms with E-state index in [-0.39, 0.29) is 47.4 Å². The minimum absolute atomic E-state index is 0.0185. The molecule has 1 atom stereocenters. The van der Waals surface area contributed by atoms with Crippen LogP contribution in [0.3, 0.4) is 0 Å². The molecule has 0 saturated heterocycles.